The summed E-state index contributed by atoms with van der Waals surface area (Å²) in [6.07, 6.45) is 0. The van der Waals surface area contributed by atoms with E-state index in [1.165, 1.54) is 0 Å². The Kier molecular flexibility index (Phi) is 2.94. The summed E-state index contributed by atoms with van der Waals surface area (Å²) in [4.78, 5) is 17.1. The van der Waals surface area contributed by atoms with Gasteiger partial charge in [0.2, 0.25) is 0 Å². The van der Waals surface area contributed by atoms with Crippen molar-refractivity contribution < 1.29 is 4.79 Å². The number of nitrogens with zero attached hydrogens (tertiary/aromatic N) is 2. The molecule has 2 aromatic carbocycles. The molecule has 2 heterocycles. The van der Waals surface area contributed by atoms with Gasteiger partial charge in [-0.25, -0.2) is 4.98 Å². The second-order valence-electron chi connectivity index (χ2n) is 5.60. The van der Waals surface area contributed by atoms with Gasteiger partial charge in [-0.15, -0.1) is 0 Å². The molecule has 0 aliphatic carbocycles. The van der Waals surface area contributed by atoms with Crippen molar-refractivity contribution in [2.45, 2.75) is 19.5 Å². The number of rotatable bonds is 1. The fraction of sp³-hybridized carbons (Fsp3) is 0.176. The van der Waals surface area contributed by atoms with Gasteiger partial charge in [-0.05, 0) is 43.3 Å². The summed E-state index contributed by atoms with van der Waals surface area (Å²) in [6.45, 7) is 2.69. The molecule has 0 fully saturated rings. The van der Waals surface area contributed by atoms with E-state index in [0.717, 1.165) is 22.4 Å². The van der Waals surface area contributed by atoms with Gasteiger partial charge >= 0.3 is 0 Å². The second-order valence-corrected chi connectivity index (χ2v) is 6.04. The van der Waals surface area contributed by atoms with Gasteiger partial charge in [0.05, 0.1) is 16.6 Å². The maximum absolute atomic E-state index is 12.3. The largest absolute Gasteiger partial charge is 0.348 e. The van der Waals surface area contributed by atoms with Gasteiger partial charge in [0.15, 0.2) is 0 Å². The Hall–Kier alpha value is -2.33. The summed E-state index contributed by atoms with van der Waals surface area (Å²) < 4.78 is 2.12. The summed E-state index contributed by atoms with van der Waals surface area (Å²) in [6, 6.07) is 13.3. The Labute approximate surface area is 132 Å². The molecule has 22 heavy (non-hydrogen) atoms. The van der Waals surface area contributed by atoms with E-state index < -0.39 is 0 Å². The monoisotopic (exact) mass is 311 g/mol. The molecule has 0 unspecified atom stereocenters. The molecule has 0 spiro atoms. The highest BCUT2D eigenvalue weighted by molar-refractivity contribution is 6.30. The lowest BCUT2D eigenvalue weighted by molar-refractivity contribution is 0.0942. The molecule has 3 aromatic rings. The molecule has 1 aromatic heterocycles. The number of hydrogen-bond acceptors (Lipinski definition) is 2. The Morgan fingerprint density at radius 2 is 2.00 bits per heavy atom. The van der Waals surface area contributed by atoms with Crippen molar-refractivity contribution in [1.29, 1.82) is 0 Å². The van der Waals surface area contributed by atoms with Gasteiger partial charge in [0.25, 0.3) is 5.91 Å². The zero-order valence-corrected chi connectivity index (χ0v) is 12.8. The van der Waals surface area contributed by atoms with Crippen LogP contribution in [0.2, 0.25) is 5.02 Å². The molecular formula is C17H14ClN3O. The third kappa shape index (κ3) is 1.99. The van der Waals surface area contributed by atoms with Gasteiger partial charge < -0.3 is 9.88 Å². The zero-order valence-electron chi connectivity index (χ0n) is 12.0. The lowest BCUT2D eigenvalue weighted by atomic mass is 10.1. The van der Waals surface area contributed by atoms with Crippen molar-refractivity contribution in [3.8, 4) is 11.4 Å². The Balaban J connectivity index is 2.03. The van der Waals surface area contributed by atoms with Crippen LogP contribution in [-0.4, -0.2) is 21.5 Å². The van der Waals surface area contributed by atoms with E-state index >= 15 is 0 Å². The SMILES string of the molecule is C[C@H]1Cn2c(-c3ccc(Cl)cc3)nc3cccc(c32)C(=O)N1. The molecule has 4 rings (SSSR count). The van der Waals surface area contributed by atoms with Crippen LogP contribution < -0.4 is 5.32 Å². The van der Waals surface area contributed by atoms with Crippen molar-refractivity contribution in [1.82, 2.24) is 14.9 Å². The minimum atomic E-state index is -0.0422. The van der Waals surface area contributed by atoms with Gasteiger partial charge in [-0.3, -0.25) is 4.79 Å². The van der Waals surface area contributed by atoms with Crippen LogP contribution >= 0.6 is 11.6 Å². The van der Waals surface area contributed by atoms with Crippen LogP contribution in [0.15, 0.2) is 42.5 Å². The van der Waals surface area contributed by atoms with E-state index in [2.05, 4.69) is 9.88 Å². The topological polar surface area (TPSA) is 46.9 Å². The first-order valence-electron chi connectivity index (χ1n) is 7.19. The van der Waals surface area contributed by atoms with Crippen LogP contribution in [0.5, 0.6) is 0 Å². The smallest absolute Gasteiger partial charge is 0.253 e. The maximum atomic E-state index is 12.3. The Morgan fingerprint density at radius 1 is 1.23 bits per heavy atom. The highest BCUT2D eigenvalue weighted by Crippen LogP contribution is 2.29. The van der Waals surface area contributed by atoms with E-state index in [9.17, 15) is 4.79 Å². The van der Waals surface area contributed by atoms with Gasteiger partial charge in [-0.2, -0.15) is 0 Å². The Morgan fingerprint density at radius 3 is 2.77 bits per heavy atom. The number of hydrogen-bond donors (Lipinski definition) is 1. The molecule has 1 amide bonds. The molecule has 1 atom stereocenters. The molecule has 4 nitrogen and oxygen atoms in total. The summed E-state index contributed by atoms with van der Waals surface area (Å²) in [7, 11) is 0. The summed E-state index contributed by atoms with van der Waals surface area (Å²) in [5.41, 5.74) is 3.41. The van der Waals surface area contributed by atoms with Crippen molar-refractivity contribution in [3.63, 3.8) is 0 Å². The number of aromatic nitrogens is 2. The predicted molar refractivity (Wildman–Crippen MR) is 87.1 cm³/mol. The molecule has 1 aliphatic rings. The quantitative estimate of drug-likeness (QED) is 0.748. The summed E-state index contributed by atoms with van der Waals surface area (Å²) >= 11 is 5.97. The first-order chi connectivity index (χ1) is 10.6. The molecule has 0 saturated heterocycles. The maximum Gasteiger partial charge on any atom is 0.253 e. The minimum Gasteiger partial charge on any atom is -0.348 e. The summed E-state index contributed by atoms with van der Waals surface area (Å²) in [5, 5.41) is 3.71. The van der Waals surface area contributed by atoms with E-state index in [1.807, 2.05) is 49.4 Å². The van der Waals surface area contributed by atoms with Crippen LogP contribution in [0, 0.1) is 0 Å². The first kappa shape index (κ1) is 13.3. The van der Waals surface area contributed by atoms with Crippen molar-refractivity contribution >= 4 is 28.5 Å². The number of para-hydroxylation sites is 1. The summed E-state index contributed by atoms with van der Waals surface area (Å²) in [5.74, 6) is 0.821. The van der Waals surface area contributed by atoms with Crippen LogP contribution in [0.25, 0.3) is 22.4 Å². The fourth-order valence-corrected chi connectivity index (χ4v) is 3.11. The average Bonchev–Trinajstić information content (AvgIpc) is 2.80. The zero-order chi connectivity index (χ0) is 15.3. The van der Waals surface area contributed by atoms with Crippen molar-refractivity contribution in [3.05, 3.63) is 53.1 Å². The molecule has 5 heteroatoms. The molecule has 0 saturated carbocycles. The van der Waals surface area contributed by atoms with Crippen LogP contribution in [-0.2, 0) is 6.54 Å². The number of nitrogens with one attached hydrogen (secondary N) is 1. The number of imidazole rings is 1. The molecular weight excluding hydrogens is 298 g/mol. The van der Waals surface area contributed by atoms with Crippen LogP contribution in [0.1, 0.15) is 17.3 Å². The van der Waals surface area contributed by atoms with E-state index in [-0.39, 0.29) is 11.9 Å². The normalized spacial score (nSPS) is 17.4. The number of amides is 1. The van der Waals surface area contributed by atoms with Crippen LogP contribution in [0.3, 0.4) is 0 Å². The molecule has 1 N–H and O–H groups in total. The van der Waals surface area contributed by atoms with Gasteiger partial charge in [-0.1, -0.05) is 17.7 Å². The lowest BCUT2D eigenvalue weighted by Crippen LogP contribution is -2.33. The highest BCUT2D eigenvalue weighted by Gasteiger charge is 2.24. The third-order valence-corrected chi connectivity index (χ3v) is 4.20. The average molecular weight is 312 g/mol. The number of halogens is 1. The van der Waals surface area contributed by atoms with E-state index in [0.29, 0.717) is 17.1 Å². The molecule has 0 radical (unpaired) electrons. The van der Waals surface area contributed by atoms with Crippen LogP contribution in [0.4, 0.5) is 0 Å². The van der Waals surface area contributed by atoms with Crippen molar-refractivity contribution in [2.75, 3.05) is 0 Å². The fourth-order valence-electron chi connectivity index (χ4n) is 2.99. The second kappa shape index (κ2) is 4.85. The molecule has 0 bridgehead atoms. The number of carbonyl (C=O) groups is 1. The van der Waals surface area contributed by atoms with Crippen molar-refractivity contribution in [2.24, 2.45) is 0 Å². The minimum absolute atomic E-state index is 0.0422. The lowest BCUT2D eigenvalue weighted by Gasteiger charge is -2.13. The third-order valence-electron chi connectivity index (χ3n) is 3.95. The highest BCUT2D eigenvalue weighted by atomic mass is 35.5. The van der Waals surface area contributed by atoms with Gasteiger partial charge in [0.1, 0.15) is 5.82 Å². The number of carbonyl (C=O) groups excluding carboxylic acids is 1. The number of benzene rings is 2. The van der Waals surface area contributed by atoms with Gasteiger partial charge in [0, 0.05) is 23.2 Å². The first-order valence-corrected chi connectivity index (χ1v) is 7.57. The van der Waals surface area contributed by atoms with E-state index in [4.69, 9.17) is 16.6 Å². The van der Waals surface area contributed by atoms with E-state index in [1.54, 1.807) is 0 Å². The standard InChI is InChI=1S/C17H14ClN3O/c1-10-9-21-15-13(17(22)19-10)3-2-4-14(15)20-16(21)11-5-7-12(18)8-6-11/h2-8,10H,9H2,1H3,(H,19,22)/t10-/m0/s1. The Bertz CT molecular complexity index is 883. The molecule has 1 aliphatic heterocycles. The predicted octanol–water partition coefficient (Wildman–Crippen LogP) is 3.49. The molecule has 110 valence electrons.